The first kappa shape index (κ1) is 16.9. The molecule has 0 spiro atoms. The molecule has 1 aliphatic carbocycles. The van der Waals surface area contributed by atoms with Crippen molar-refractivity contribution >= 4 is 33.9 Å². The van der Waals surface area contributed by atoms with E-state index < -0.39 is 0 Å². The first-order valence-electron chi connectivity index (χ1n) is 9.06. The maximum atomic E-state index is 12.9. The summed E-state index contributed by atoms with van der Waals surface area (Å²) < 4.78 is 0. The van der Waals surface area contributed by atoms with Crippen molar-refractivity contribution in [2.45, 2.75) is 38.5 Å². The zero-order chi connectivity index (χ0) is 17.9. The van der Waals surface area contributed by atoms with Crippen molar-refractivity contribution in [1.29, 1.82) is 0 Å². The number of para-hydroxylation sites is 1. The standard InChI is InChI=1S/C21H21N3OS/c1-2-6-18(20-9-5-12-26-20)23-24-21(25)16-13-19(14-10-11-14)22-17-8-4-3-7-15(16)17/h3-5,7-9,12-14H,2,6,10-11H2,1H3,(H,24,25). The van der Waals surface area contributed by atoms with E-state index in [2.05, 4.69) is 17.5 Å². The fraction of sp³-hybridized carbons (Fsp3) is 0.286. The Balaban J connectivity index is 1.66. The van der Waals surface area contributed by atoms with Crippen LogP contribution in [0.1, 0.15) is 59.5 Å². The molecule has 1 fully saturated rings. The van der Waals surface area contributed by atoms with Gasteiger partial charge in [0.2, 0.25) is 0 Å². The van der Waals surface area contributed by atoms with E-state index in [1.165, 1.54) is 0 Å². The van der Waals surface area contributed by atoms with Gasteiger partial charge in [-0.2, -0.15) is 5.10 Å². The summed E-state index contributed by atoms with van der Waals surface area (Å²) >= 11 is 1.64. The molecule has 0 atom stereocenters. The average Bonchev–Trinajstić information content (AvgIpc) is 3.38. The summed E-state index contributed by atoms with van der Waals surface area (Å²) in [7, 11) is 0. The Hall–Kier alpha value is -2.53. The number of amides is 1. The number of nitrogens with one attached hydrogen (secondary N) is 1. The molecule has 0 radical (unpaired) electrons. The average molecular weight is 363 g/mol. The highest BCUT2D eigenvalue weighted by molar-refractivity contribution is 7.12. The fourth-order valence-corrected chi connectivity index (χ4v) is 3.81. The van der Waals surface area contributed by atoms with E-state index in [-0.39, 0.29) is 5.91 Å². The van der Waals surface area contributed by atoms with Crippen LogP contribution in [0.5, 0.6) is 0 Å². The third kappa shape index (κ3) is 3.53. The van der Waals surface area contributed by atoms with Crippen LogP contribution in [0, 0.1) is 0 Å². The van der Waals surface area contributed by atoms with Crippen LogP contribution in [-0.4, -0.2) is 16.6 Å². The van der Waals surface area contributed by atoms with Gasteiger partial charge in [0.05, 0.1) is 21.7 Å². The number of carbonyl (C=O) groups excluding carboxylic acids is 1. The van der Waals surface area contributed by atoms with E-state index in [1.54, 1.807) is 11.3 Å². The minimum absolute atomic E-state index is 0.171. The largest absolute Gasteiger partial charge is 0.272 e. The van der Waals surface area contributed by atoms with E-state index in [0.29, 0.717) is 11.5 Å². The molecule has 1 aliphatic rings. The highest BCUT2D eigenvalue weighted by Gasteiger charge is 2.26. The monoisotopic (exact) mass is 363 g/mol. The molecule has 1 aromatic carbocycles. The number of pyridine rings is 1. The van der Waals surface area contributed by atoms with Crippen molar-refractivity contribution in [2.24, 2.45) is 5.10 Å². The van der Waals surface area contributed by atoms with Gasteiger partial charge in [0.1, 0.15) is 0 Å². The number of fused-ring (bicyclic) bond motifs is 1. The maximum Gasteiger partial charge on any atom is 0.272 e. The molecule has 5 heteroatoms. The second-order valence-corrected chi connectivity index (χ2v) is 7.56. The Morgan fingerprint density at radius 2 is 2.12 bits per heavy atom. The summed E-state index contributed by atoms with van der Waals surface area (Å²) in [4.78, 5) is 18.7. The van der Waals surface area contributed by atoms with Gasteiger partial charge in [-0.15, -0.1) is 11.3 Å². The van der Waals surface area contributed by atoms with E-state index in [0.717, 1.165) is 52.9 Å². The third-order valence-corrected chi connectivity index (χ3v) is 5.48. The molecule has 0 aliphatic heterocycles. The minimum Gasteiger partial charge on any atom is -0.267 e. The zero-order valence-corrected chi connectivity index (χ0v) is 15.6. The molecule has 4 nitrogen and oxygen atoms in total. The number of carbonyl (C=O) groups is 1. The second kappa shape index (κ2) is 7.38. The van der Waals surface area contributed by atoms with Crippen molar-refractivity contribution in [3.05, 3.63) is 64.0 Å². The predicted octanol–water partition coefficient (Wildman–Crippen LogP) is 5.11. The summed E-state index contributed by atoms with van der Waals surface area (Å²) in [6, 6.07) is 13.8. The summed E-state index contributed by atoms with van der Waals surface area (Å²) in [6.45, 7) is 2.11. The van der Waals surface area contributed by atoms with Crippen LogP contribution in [0.15, 0.2) is 52.9 Å². The van der Waals surface area contributed by atoms with Crippen LogP contribution in [0.25, 0.3) is 10.9 Å². The normalized spacial score (nSPS) is 14.6. The molecular weight excluding hydrogens is 342 g/mol. The number of hydrogen-bond acceptors (Lipinski definition) is 4. The van der Waals surface area contributed by atoms with E-state index >= 15 is 0 Å². The lowest BCUT2D eigenvalue weighted by Gasteiger charge is -2.09. The molecule has 132 valence electrons. The molecule has 3 aromatic rings. The minimum atomic E-state index is -0.171. The number of rotatable bonds is 6. The number of aromatic nitrogens is 1. The lowest BCUT2D eigenvalue weighted by molar-refractivity contribution is 0.0956. The van der Waals surface area contributed by atoms with Gasteiger partial charge < -0.3 is 0 Å². The van der Waals surface area contributed by atoms with Crippen molar-refractivity contribution in [2.75, 3.05) is 0 Å². The highest BCUT2D eigenvalue weighted by atomic mass is 32.1. The van der Waals surface area contributed by atoms with E-state index in [1.807, 2.05) is 47.8 Å². The number of thiophene rings is 1. The summed E-state index contributed by atoms with van der Waals surface area (Å²) in [5, 5.41) is 7.34. The maximum absolute atomic E-state index is 12.9. The van der Waals surface area contributed by atoms with Crippen molar-refractivity contribution in [3.8, 4) is 0 Å². The Morgan fingerprint density at radius 3 is 2.85 bits per heavy atom. The molecular formula is C21H21N3OS. The van der Waals surface area contributed by atoms with Gasteiger partial charge in [-0.1, -0.05) is 37.6 Å². The molecule has 0 bridgehead atoms. The van der Waals surface area contributed by atoms with Gasteiger partial charge >= 0.3 is 0 Å². The molecule has 0 unspecified atom stereocenters. The SMILES string of the molecule is CCCC(=NNC(=O)c1cc(C2CC2)nc2ccccc12)c1cccs1. The molecule has 1 N–H and O–H groups in total. The fourth-order valence-electron chi connectivity index (χ4n) is 3.06. The Labute approximate surface area is 157 Å². The number of hydrazone groups is 1. The van der Waals surface area contributed by atoms with Gasteiger partial charge in [0, 0.05) is 17.0 Å². The number of benzene rings is 1. The third-order valence-electron chi connectivity index (χ3n) is 4.56. The zero-order valence-electron chi connectivity index (χ0n) is 14.7. The summed E-state index contributed by atoms with van der Waals surface area (Å²) in [6.07, 6.45) is 4.13. The van der Waals surface area contributed by atoms with Gasteiger partial charge in [0.25, 0.3) is 5.91 Å². The molecule has 1 saturated carbocycles. The Kier molecular flexibility index (Phi) is 4.80. The van der Waals surface area contributed by atoms with Crippen molar-refractivity contribution in [3.63, 3.8) is 0 Å². The topological polar surface area (TPSA) is 54.4 Å². The molecule has 2 heterocycles. The molecule has 26 heavy (non-hydrogen) atoms. The second-order valence-electron chi connectivity index (χ2n) is 6.61. The van der Waals surface area contributed by atoms with Gasteiger partial charge in [-0.05, 0) is 42.8 Å². The van der Waals surface area contributed by atoms with Gasteiger partial charge in [-0.3, -0.25) is 9.78 Å². The predicted molar refractivity (Wildman–Crippen MR) is 107 cm³/mol. The molecule has 4 rings (SSSR count). The van der Waals surface area contributed by atoms with Gasteiger partial charge in [-0.25, -0.2) is 5.43 Å². The van der Waals surface area contributed by atoms with Crippen LogP contribution in [0.2, 0.25) is 0 Å². The van der Waals surface area contributed by atoms with Crippen LogP contribution in [0.3, 0.4) is 0 Å². The molecule has 1 amide bonds. The van der Waals surface area contributed by atoms with Crippen LogP contribution in [0.4, 0.5) is 0 Å². The van der Waals surface area contributed by atoms with E-state index in [4.69, 9.17) is 4.98 Å². The molecule has 0 saturated heterocycles. The lowest BCUT2D eigenvalue weighted by Crippen LogP contribution is -2.20. The van der Waals surface area contributed by atoms with E-state index in [9.17, 15) is 4.79 Å². The van der Waals surface area contributed by atoms with Crippen molar-refractivity contribution < 1.29 is 4.79 Å². The number of nitrogens with zero attached hydrogens (tertiary/aromatic N) is 2. The summed E-state index contributed by atoms with van der Waals surface area (Å²) in [5.41, 5.74) is 6.25. The summed E-state index contributed by atoms with van der Waals surface area (Å²) in [5.74, 6) is 0.326. The van der Waals surface area contributed by atoms with Crippen LogP contribution in [-0.2, 0) is 0 Å². The van der Waals surface area contributed by atoms with Crippen molar-refractivity contribution in [1.82, 2.24) is 10.4 Å². The molecule has 2 aromatic heterocycles. The quantitative estimate of drug-likeness (QED) is 0.489. The van der Waals surface area contributed by atoms with Crippen LogP contribution < -0.4 is 5.43 Å². The first-order chi connectivity index (χ1) is 12.8. The first-order valence-corrected chi connectivity index (χ1v) is 9.94. The number of hydrogen-bond donors (Lipinski definition) is 1. The Bertz CT molecular complexity index is 959. The van der Waals surface area contributed by atoms with Gasteiger partial charge in [0.15, 0.2) is 0 Å². The van der Waals surface area contributed by atoms with Crippen LogP contribution >= 0.6 is 11.3 Å². The lowest BCUT2D eigenvalue weighted by atomic mass is 10.1. The highest BCUT2D eigenvalue weighted by Crippen LogP contribution is 2.40. The smallest absolute Gasteiger partial charge is 0.267 e. The Morgan fingerprint density at radius 1 is 1.27 bits per heavy atom.